The Morgan fingerprint density at radius 3 is 0.848 bits per heavy atom. The van der Waals surface area contributed by atoms with Gasteiger partial charge in [0.2, 0.25) is 0 Å². The number of carbonyl (C=O) groups is 7. The number of carboxylic acid groups (broad SMARTS) is 4. The molecule has 0 bridgehead atoms. The highest BCUT2D eigenvalue weighted by Gasteiger charge is 2.34. The van der Waals surface area contributed by atoms with E-state index in [2.05, 4.69) is 0 Å². The van der Waals surface area contributed by atoms with Gasteiger partial charge in [0.05, 0.1) is 73.6 Å². The van der Waals surface area contributed by atoms with Gasteiger partial charge in [-0.1, -0.05) is 90.1 Å². The van der Waals surface area contributed by atoms with Crippen molar-refractivity contribution in [3.05, 3.63) is 86.0 Å². The monoisotopic (exact) mass is 1200 g/mol. The quantitative estimate of drug-likeness (QED) is 0.0480. The second-order valence-electron chi connectivity index (χ2n) is 15.7. The standard InChI is InChI=1S/3C17H19NO5S2.C2H4O2/c3*1-3-22-12-6-5-11(9-13(12)23-4-2)10-14-16(21)18(17(24)25-14)8-7-15(19)20;1-2(3)4/h3*5-6,9-10H,3-4,7-8H2,1-2H3,(H,19,20);1H3,(H,3,4)/b3*14-10-;. The Hall–Kier alpha value is -6.71. The summed E-state index contributed by atoms with van der Waals surface area (Å²) in [5, 5.41) is 33.7. The van der Waals surface area contributed by atoms with Gasteiger partial charge in [-0.05, 0) is 113 Å². The van der Waals surface area contributed by atoms with Gasteiger partial charge in [-0.15, -0.1) is 0 Å². The first-order chi connectivity index (χ1) is 37.6. The topological polar surface area (TPSA) is 266 Å². The van der Waals surface area contributed by atoms with Crippen molar-refractivity contribution in [1.29, 1.82) is 0 Å². The average Bonchev–Trinajstić information content (AvgIpc) is 3.96. The summed E-state index contributed by atoms with van der Waals surface area (Å²) in [7, 11) is 0. The lowest BCUT2D eigenvalue weighted by Crippen LogP contribution is -2.30. The van der Waals surface area contributed by atoms with Gasteiger partial charge in [-0.25, -0.2) is 0 Å². The second-order valence-corrected chi connectivity index (χ2v) is 20.7. The molecule has 3 aromatic rings. The molecule has 3 aliphatic rings. The van der Waals surface area contributed by atoms with Crippen molar-refractivity contribution in [2.45, 2.75) is 67.7 Å². The van der Waals surface area contributed by atoms with E-state index in [-0.39, 0.29) is 56.6 Å². The van der Waals surface area contributed by atoms with Crippen LogP contribution in [0.1, 0.15) is 84.4 Å². The largest absolute Gasteiger partial charge is 0.490 e. The molecule has 3 saturated heterocycles. The normalized spacial score (nSPS) is 15.3. The Morgan fingerprint density at radius 2 is 0.646 bits per heavy atom. The number of carbonyl (C=O) groups excluding carboxylic acids is 3. The summed E-state index contributed by atoms with van der Waals surface area (Å²) < 4.78 is 34.4. The van der Waals surface area contributed by atoms with Gasteiger partial charge < -0.3 is 48.8 Å². The fourth-order valence-corrected chi connectivity index (χ4v) is 10.6. The molecule has 6 rings (SSSR count). The third kappa shape index (κ3) is 21.8. The number of hydrogen-bond donors (Lipinski definition) is 4. The van der Waals surface area contributed by atoms with Gasteiger partial charge >= 0.3 is 17.9 Å². The molecule has 0 radical (unpaired) electrons. The van der Waals surface area contributed by atoms with Crippen LogP contribution in [0.3, 0.4) is 0 Å². The van der Waals surface area contributed by atoms with Crippen LogP contribution in [0.5, 0.6) is 34.5 Å². The number of thiocarbonyl (C=S) groups is 3. The molecule has 0 saturated carbocycles. The molecule has 0 spiro atoms. The summed E-state index contributed by atoms with van der Waals surface area (Å²) in [4.78, 5) is 83.7. The fourth-order valence-electron chi connectivity index (χ4n) is 6.63. The first-order valence-corrected chi connectivity index (χ1v) is 28.1. The molecule has 20 nitrogen and oxygen atoms in total. The van der Waals surface area contributed by atoms with Crippen LogP contribution in [0.25, 0.3) is 18.2 Å². The van der Waals surface area contributed by atoms with Crippen molar-refractivity contribution in [2.75, 3.05) is 59.3 Å². The van der Waals surface area contributed by atoms with E-state index in [4.69, 9.17) is 90.3 Å². The van der Waals surface area contributed by atoms with Gasteiger partial charge in [0, 0.05) is 26.6 Å². The van der Waals surface area contributed by atoms with Gasteiger partial charge in [0.15, 0.2) is 34.5 Å². The summed E-state index contributed by atoms with van der Waals surface area (Å²) in [6.07, 6.45) is 4.74. The number of rotatable bonds is 24. The molecule has 0 aromatic heterocycles. The number of hydrogen-bond acceptors (Lipinski definition) is 19. The van der Waals surface area contributed by atoms with Crippen LogP contribution >= 0.6 is 71.9 Å². The van der Waals surface area contributed by atoms with E-state index in [1.165, 1.54) is 50.0 Å². The van der Waals surface area contributed by atoms with Crippen molar-refractivity contribution >= 4 is 145 Å². The molecular formula is C53H61N3O17S6. The highest BCUT2D eigenvalue weighted by atomic mass is 32.2. The Balaban J connectivity index is 0.000000301. The van der Waals surface area contributed by atoms with Crippen LogP contribution in [0, 0.1) is 0 Å². The zero-order valence-corrected chi connectivity index (χ0v) is 49.2. The lowest BCUT2D eigenvalue weighted by atomic mass is 10.2. The minimum Gasteiger partial charge on any atom is -0.490 e. The average molecular weight is 1200 g/mol. The number of carboxylic acids is 4. The molecule has 426 valence electrons. The molecule has 3 fully saturated rings. The molecule has 0 atom stereocenters. The van der Waals surface area contributed by atoms with E-state index in [0.717, 1.165) is 23.6 Å². The lowest BCUT2D eigenvalue weighted by Gasteiger charge is -2.12. The van der Waals surface area contributed by atoms with E-state index >= 15 is 0 Å². The van der Waals surface area contributed by atoms with Crippen molar-refractivity contribution < 1.29 is 82.4 Å². The zero-order valence-electron chi connectivity index (χ0n) is 44.3. The van der Waals surface area contributed by atoms with Crippen molar-refractivity contribution in [3.8, 4) is 34.5 Å². The Kier molecular flexibility index (Phi) is 28.9. The summed E-state index contributed by atoms with van der Waals surface area (Å²) in [5.74, 6) is -0.781. The molecule has 3 aromatic carbocycles. The summed E-state index contributed by atoms with van der Waals surface area (Å²) in [6.45, 7) is 15.7. The first kappa shape index (κ1) is 66.6. The van der Waals surface area contributed by atoms with Crippen LogP contribution in [0.15, 0.2) is 69.3 Å². The van der Waals surface area contributed by atoms with E-state index in [9.17, 15) is 28.8 Å². The van der Waals surface area contributed by atoms with Gasteiger partial charge in [0.1, 0.15) is 13.0 Å². The maximum atomic E-state index is 12.4. The molecule has 0 aliphatic carbocycles. The Bertz CT molecular complexity index is 2550. The molecule has 3 heterocycles. The predicted molar refractivity (Wildman–Crippen MR) is 316 cm³/mol. The molecule has 0 unspecified atom stereocenters. The van der Waals surface area contributed by atoms with Crippen molar-refractivity contribution in [3.63, 3.8) is 0 Å². The van der Waals surface area contributed by atoms with Crippen molar-refractivity contribution in [2.24, 2.45) is 0 Å². The maximum Gasteiger partial charge on any atom is 0.305 e. The van der Waals surface area contributed by atoms with E-state index in [0.29, 0.717) is 102 Å². The molecule has 26 heteroatoms. The first-order valence-electron chi connectivity index (χ1n) is 24.4. The zero-order chi connectivity index (χ0) is 58.8. The molecule has 4 N–H and O–H groups in total. The number of amides is 3. The van der Waals surface area contributed by atoms with Crippen molar-refractivity contribution in [1.82, 2.24) is 14.7 Å². The number of thioether (sulfide) groups is 3. The van der Waals surface area contributed by atoms with E-state index in [1.807, 2.05) is 59.7 Å². The van der Waals surface area contributed by atoms with E-state index < -0.39 is 23.9 Å². The summed E-state index contributed by atoms with van der Waals surface area (Å²) >= 11 is 19.0. The van der Waals surface area contributed by atoms with Gasteiger partial charge in [-0.2, -0.15) is 0 Å². The van der Waals surface area contributed by atoms with Gasteiger partial charge in [0.25, 0.3) is 23.7 Å². The highest BCUT2D eigenvalue weighted by molar-refractivity contribution is 8.27. The van der Waals surface area contributed by atoms with Crippen LogP contribution < -0.4 is 28.4 Å². The maximum absolute atomic E-state index is 12.4. The lowest BCUT2D eigenvalue weighted by molar-refractivity contribution is -0.138. The molecule has 79 heavy (non-hydrogen) atoms. The minimum atomic E-state index is -0.967. The summed E-state index contributed by atoms with van der Waals surface area (Å²) in [6, 6.07) is 16.3. The number of ether oxygens (including phenoxy) is 6. The van der Waals surface area contributed by atoms with Gasteiger partial charge in [-0.3, -0.25) is 48.3 Å². The van der Waals surface area contributed by atoms with Crippen LogP contribution in [-0.4, -0.2) is 149 Å². The van der Waals surface area contributed by atoms with E-state index in [1.54, 1.807) is 54.6 Å². The predicted octanol–water partition coefficient (Wildman–Crippen LogP) is 9.57. The summed E-state index contributed by atoms with van der Waals surface area (Å²) in [5.41, 5.74) is 2.35. The molecular weight excluding hydrogens is 1140 g/mol. The van der Waals surface area contributed by atoms with Crippen LogP contribution in [0.4, 0.5) is 0 Å². The molecule has 3 aliphatic heterocycles. The molecule has 3 amide bonds. The number of nitrogens with zero attached hydrogens (tertiary/aromatic N) is 3. The third-order valence-electron chi connectivity index (χ3n) is 9.86. The Labute approximate surface area is 486 Å². The SMILES string of the molecule is CC(=O)O.CCOc1ccc(/C=C2\SC(=S)N(CCC(=O)O)C2=O)cc1OCC.CCOc1ccc(/C=C2\SC(=S)N(CCC(=O)O)C2=O)cc1OCC.CCOc1ccc(/C=C2\SC(=S)N(CCC(=O)O)C2=O)cc1OCC. The third-order valence-corrected chi connectivity index (χ3v) is 14.0. The Morgan fingerprint density at radius 1 is 0.430 bits per heavy atom. The fraction of sp³-hybridized carbons (Fsp3) is 0.358. The number of benzene rings is 3. The minimum absolute atomic E-state index is 0.0742. The van der Waals surface area contributed by atoms with Crippen LogP contribution in [0.2, 0.25) is 0 Å². The smallest absolute Gasteiger partial charge is 0.305 e. The number of aliphatic carboxylic acids is 4. The van der Waals surface area contributed by atoms with Crippen LogP contribution in [-0.2, 0) is 33.6 Å². The second kappa shape index (κ2) is 34.3. The highest BCUT2D eigenvalue weighted by Crippen LogP contribution is 2.38.